The second kappa shape index (κ2) is 6.18. The van der Waals surface area contributed by atoms with Gasteiger partial charge in [-0.3, -0.25) is 4.79 Å². The second-order valence-corrected chi connectivity index (χ2v) is 6.59. The van der Waals surface area contributed by atoms with Crippen molar-refractivity contribution in [1.29, 1.82) is 0 Å². The van der Waals surface area contributed by atoms with E-state index in [-0.39, 0.29) is 5.92 Å². The van der Waals surface area contributed by atoms with E-state index in [0.29, 0.717) is 17.9 Å². The van der Waals surface area contributed by atoms with Crippen LogP contribution in [0.1, 0.15) is 31.4 Å². The summed E-state index contributed by atoms with van der Waals surface area (Å²) in [5.41, 5.74) is 2.73. The summed E-state index contributed by atoms with van der Waals surface area (Å²) in [7, 11) is 0. The van der Waals surface area contributed by atoms with Crippen molar-refractivity contribution >= 4 is 5.91 Å². The first-order valence-electron chi connectivity index (χ1n) is 8.28. The number of piperidine rings is 1. The maximum atomic E-state index is 12.8. The third kappa shape index (κ3) is 2.98. The first-order valence-corrected chi connectivity index (χ1v) is 8.28. The fourth-order valence-corrected chi connectivity index (χ4v) is 3.90. The van der Waals surface area contributed by atoms with E-state index in [4.69, 9.17) is 0 Å². The Kier molecular flexibility index (Phi) is 4.29. The molecular weight excluding hydrogens is 260 g/mol. The number of rotatable bonds is 3. The molecule has 2 aliphatic rings. The van der Waals surface area contributed by atoms with Crippen LogP contribution in [0.5, 0.6) is 0 Å². The molecular formula is C18H26N2O. The highest BCUT2D eigenvalue weighted by molar-refractivity contribution is 5.80. The number of carbonyl (C=O) groups excluding carboxylic acids is 1. The van der Waals surface area contributed by atoms with Gasteiger partial charge in [-0.1, -0.05) is 38.1 Å². The summed E-state index contributed by atoms with van der Waals surface area (Å²) in [6, 6.07) is 9.07. The highest BCUT2D eigenvalue weighted by Crippen LogP contribution is 2.29. The Morgan fingerprint density at radius 1 is 1.29 bits per heavy atom. The lowest BCUT2D eigenvalue weighted by Crippen LogP contribution is -2.51. The van der Waals surface area contributed by atoms with Crippen molar-refractivity contribution in [2.24, 2.45) is 11.8 Å². The van der Waals surface area contributed by atoms with Crippen molar-refractivity contribution < 1.29 is 4.79 Å². The molecule has 0 spiro atoms. The molecule has 0 radical (unpaired) electrons. The van der Waals surface area contributed by atoms with Crippen LogP contribution in [0.15, 0.2) is 24.3 Å². The first kappa shape index (κ1) is 14.6. The summed E-state index contributed by atoms with van der Waals surface area (Å²) >= 11 is 0. The normalized spacial score (nSPS) is 25.9. The summed E-state index contributed by atoms with van der Waals surface area (Å²) < 4.78 is 0. The van der Waals surface area contributed by atoms with Crippen LogP contribution in [-0.2, 0) is 17.6 Å². The Labute approximate surface area is 127 Å². The standard InChI is InChI=1S/C18H26N2O/c1-3-19-17-8-9-20(12-13(17)2)18(21)16-10-14-6-4-5-7-15(14)11-16/h4-7,13,16-17,19H,3,8-12H2,1-2H3. The van der Waals surface area contributed by atoms with E-state index in [9.17, 15) is 4.79 Å². The van der Waals surface area contributed by atoms with E-state index in [1.165, 1.54) is 11.1 Å². The highest BCUT2D eigenvalue weighted by Gasteiger charge is 2.34. The molecule has 0 bridgehead atoms. The van der Waals surface area contributed by atoms with Gasteiger partial charge in [-0.2, -0.15) is 0 Å². The van der Waals surface area contributed by atoms with Crippen LogP contribution in [-0.4, -0.2) is 36.5 Å². The quantitative estimate of drug-likeness (QED) is 0.924. The molecule has 3 heteroatoms. The zero-order valence-electron chi connectivity index (χ0n) is 13.1. The fourth-order valence-electron chi connectivity index (χ4n) is 3.90. The van der Waals surface area contributed by atoms with E-state index >= 15 is 0 Å². The lowest BCUT2D eigenvalue weighted by atomic mass is 9.92. The van der Waals surface area contributed by atoms with E-state index in [2.05, 4.69) is 48.3 Å². The molecule has 21 heavy (non-hydrogen) atoms. The van der Waals surface area contributed by atoms with Gasteiger partial charge in [0.1, 0.15) is 0 Å². The number of benzene rings is 1. The van der Waals surface area contributed by atoms with Crippen molar-refractivity contribution in [3.8, 4) is 0 Å². The molecule has 1 aliphatic carbocycles. The monoisotopic (exact) mass is 286 g/mol. The fraction of sp³-hybridized carbons (Fsp3) is 0.611. The molecule has 3 nitrogen and oxygen atoms in total. The number of hydrogen-bond acceptors (Lipinski definition) is 2. The largest absolute Gasteiger partial charge is 0.342 e. The number of nitrogens with one attached hydrogen (secondary N) is 1. The average molecular weight is 286 g/mol. The van der Waals surface area contributed by atoms with Gasteiger partial charge in [0.05, 0.1) is 0 Å². The zero-order valence-corrected chi connectivity index (χ0v) is 13.1. The number of nitrogens with zero attached hydrogens (tertiary/aromatic N) is 1. The minimum atomic E-state index is 0.172. The predicted molar refractivity (Wildman–Crippen MR) is 85.2 cm³/mol. The van der Waals surface area contributed by atoms with Crippen LogP contribution >= 0.6 is 0 Å². The topological polar surface area (TPSA) is 32.3 Å². The summed E-state index contributed by atoms with van der Waals surface area (Å²) in [6.45, 7) is 7.24. The average Bonchev–Trinajstić information content (AvgIpc) is 2.92. The van der Waals surface area contributed by atoms with E-state index in [1.54, 1.807) is 0 Å². The van der Waals surface area contributed by atoms with Gasteiger partial charge in [0.15, 0.2) is 0 Å². The molecule has 1 aromatic rings. The molecule has 1 aromatic carbocycles. The maximum Gasteiger partial charge on any atom is 0.226 e. The van der Waals surface area contributed by atoms with E-state index in [1.807, 2.05) is 0 Å². The van der Waals surface area contributed by atoms with Crippen LogP contribution in [0.25, 0.3) is 0 Å². The number of carbonyl (C=O) groups is 1. The molecule has 1 heterocycles. The molecule has 1 fully saturated rings. The Morgan fingerprint density at radius 2 is 1.95 bits per heavy atom. The lowest BCUT2D eigenvalue weighted by molar-refractivity contribution is -0.137. The molecule has 1 N–H and O–H groups in total. The summed E-state index contributed by atoms with van der Waals surface area (Å²) in [6.07, 6.45) is 2.94. The molecule has 1 aliphatic heterocycles. The van der Waals surface area contributed by atoms with Crippen LogP contribution in [0.4, 0.5) is 0 Å². The van der Waals surface area contributed by atoms with Gasteiger partial charge in [0.2, 0.25) is 5.91 Å². The molecule has 0 saturated carbocycles. The van der Waals surface area contributed by atoms with Crippen molar-refractivity contribution in [2.75, 3.05) is 19.6 Å². The van der Waals surface area contributed by atoms with Crippen LogP contribution in [0, 0.1) is 11.8 Å². The minimum Gasteiger partial charge on any atom is -0.342 e. The van der Waals surface area contributed by atoms with E-state index in [0.717, 1.165) is 38.9 Å². The summed E-state index contributed by atoms with van der Waals surface area (Å²) in [4.78, 5) is 14.9. The van der Waals surface area contributed by atoms with Gasteiger partial charge >= 0.3 is 0 Å². The van der Waals surface area contributed by atoms with Crippen LogP contribution in [0.3, 0.4) is 0 Å². The van der Waals surface area contributed by atoms with E-state index < -0.39 is 0 Å². The molecule has 2 unspecified atom stereocenters. The number of hydrogen-bond donors (Lipinski definition) is 1. The summed E-state index contributed by atoms with van der Waals surface area (Å²) in [5, 5.41) is 3.54. The molecule has 3 rings (SSSR count). The maximum absolute atomic E-state index is 12.8. The first-order chi connectivity index (χ1) is 10.2. The van der Waals surface area contributed by atoms with Crippen LogP contribution < -0.4 is 5.32 Å². The van der Waals surface area contributed by atoms with Crippen molar-refractivity contribution in [2.45, 2.75) is 39.2 Å². The number of fused-ring (bicyclic) bond motifs is 1. The molecule has 1 saturated heterocycles. The third-order valence-corrected chi connectivity index (χ3v) is 5.08. The minimum absolute atomic E-state index is 0.172. The Hall–Kier alpha value is -1.35. The Balaban J connectivity index is 1.60. The highest BCUT2D eigenvalue weighted by atomic mass is 16.2. The molecule has 114 valence electrons. The van der Waals surface area contributed by atoms with Crippen molar-refractivity contribution in [3.05, 3.63) is 35.4 Å². The predicted octanol–water partition coefficient (Wildman–Crippen LogP) is 2.25. The van der Waals surface area contributed by atoms with Gasteiger partial charge in [-0.15, -0.1) is 0 Å². The van der Waals surface area contributed by atoms with Gasteiger partial charge in [-0.05, 0) is 42.9 Å². The molecule has 1 amide bonds. The SMILES string of the molecule is CCNC1CCN(C(=O)C2Cc3ccccc3C2)CC1C. The van der Waals surface area contributed by atoms with Crippen LogP contribution in [0.2, 0.25) is 0 Å². The van der Waals surface area contributed by atoms with Crippen molar-refractivity contribution in [3.63, 3.8) is 0 Å². The lowest BCUT2D eigenvalue weighted by Gasteiger charge is -2.38. The second-order valence-electron chi connectivity index (χ2n) is 6.59. The van der Waals surface area contributed by atoms with Gasteiger partial charge < -0.3 is 10.2 Å². The Bertz CT molecular complexity index is 489. The smallest absolute Gasteiger partial charge is 0.226 e. The number of amides is 1. The Morgan fingerprint density at radius 3 is 2.52 bits per heavy atom. The van der Waals surface area contributed by atoms with Gasteiger partial charge in [0.25, 0.3) is 0 Å². The van der Waals surface area contributed by atoms with Gasteiger partial charge in [0, 0.05) is 25.0 Å². The molecule has 2 atom stereocenters. The van der Waals surface area contributed by atoms with Crippen molar-refractivity contribution in [1.82, 2.24) is 10.2 Å². The summed E-state index contributed by atoms with van der Waals surface area (Å²) in [5.74, 6) is 1.09. The zero-order chi connectivity index (χ0) is 14.8. The number of likely N-dealkylation sites (tertiary alicyclic amines) is 1. The van der Waals surface area contributed by atoms with Gasteiger partial charge in [-0.25, -0.2) is 0 Å². The molecule has 0 aromatic heterocycles. The third-order valence-electron chi connectivity index (χ3n) is 5.08.